The summed E-state index contributed by atoms with van der Waals surface area (Å²) in [6, 6.07) is -0.887. The molecule has 0 spiro atoms. The van der Waals surface area contributed by atoms with Crippen LogP contribution in [0.3, 0.4) is 0 Å². The molecule has 0 aromatic carbocycles. The lowest BCUT2D eigenvalue weighted by molar-refractivity contribution is -0.870. The summed E-state index contributed by atoms with van der Waals surface area (Å²) >= 11 is 0. The molecule has 0 rings (SSSR count). The standard InChI is InChI=1S/C74H143N2O7P/c1-7-10-13-16-19-22-25-28-30-32-34-36-37-38-39-41-43-45-47-49-52-55-58-61-64-67-74(78)83-72(65-62-59-56-53-50-27-24-21-18-15-12-9-3)71(70-82-84(79,80)81-69-68-76(4,5)6)75-73(77)66-63-60-57-54-51-48-46-44-42-40-35-33-31-29-26-23-20-17-14-11-8-2/h20,23,29,31,62,65,71-72H,7-19,21-22,24-28,30,32-61,63-64,66-70H2,1-6H3,(H-,75,77,79,80)/b23-20-,31-29-,65-62+. The number of nitrogens with one attached hydrogen (secondary N) is 1. The summed E-state index contributed by atoms with van der Waals surface area (Å²) in [5, 5.41) is 3.05. The van der Waals surface area contributed by atoms with Crippen LogP contribution in [0.1, 0.15) is 374 Å². The summed E-state index contributed by atoms with van der Waals surface area (Å²) in [5.74, 6) is -0.522. The molecule has 1 N–H and O–H groups in total. The highest BCUT2D eigenvalue weighted by Gasteiger charge is 2.27. The first kappa shape index (κ1) is 82.2. The topological polar surface area (TPSA) is 114 Å². The van der Waals surface area contributed by atoms with E-state index in [1.165, 1.54) is 276 Å². The van der Waals surface area contributed by atoms with Crippen LogP contribution in [0, 0.1) is 0 Å². The van der Waals surface area contributed by atoms with Gasteiger partial charge < -0.3 is 28.5 Å². The van der Waals surface area contributed by atoms with E-state index in [4.69, 9.17) is 13.8 Å². The van der Waals surface area contributed by atoms with Crippen LogP contribution in [0.4, 0.5) is 0 Å². The fraction of sp³-hybridized carbons (Fsp3) is 0.892. The van der Waals surface area contributed by atoms with Gasteiger partial charge >= 0.3 is 5.97 Å². The van der Waals surface area contributed by atoms with E-state index in [0.717, 1.165) is 64.2 Å². The van der Waals surface area contributed by atoms with Crippen molar-refractivity contribution in [2.75, 3.05) is 40.9 Å². The minimum Gasteiger partial charge on any atom is -0.756 e. The number of unbranched alkanes of at least 4 members (excludes halogenated alkanes) is 48. The van der Waals surface area contributed by atoms with Crippen LogP contribution in [0.2, 0.25) is 0 Å². The van der Waals surface area contributed by atoms with E-state index >= 15 is 0 Å². The quantitative estimate of drug-likeness (QED) is 0.0212. The van der Waals surface area contributed by atoms with Gasteiger partial charge in [-0.2, -0.15) is 0 Å². The summed E-state index contributed by atoms with van der Waals surface area (Å²) in [5.41, 5.74) is 0. The third kappa shape index (κ3) is 64.7. The van der Waals surface area contributed by atoms with Gasteiger partial charge in [-0.25, -0.2) is 0 Å². The third-order valence-electron chi connectivity index (χ3n) is 16.8. The Morgan fingerprint density at radius 3 is 1.10 bits per heavy atom. The van der Waals surface area contributed by atoms with E-state index in [9.17, 15) is 19.0 Å². The molecule has 496 valence electrons. The molecule has 0 aliphatic carbocycles. The molecule has 0 radical (unpaired) electrons. The van der Waals surface area contributed by atoms with Gasteiger partial charge in [0.15, 0.2) is 0 Å². The Bertz CT molecular complexity index is 1530. The van der Waals surface area contributed by atoms with Crippen molar-refractivity contribution in [3.05, 3.63) is 36.5 Å². The van der Waals surface area contributed by atoms with Crippen molar-refractivity contribution in [1.82, 2.24) is 5.32 Å². The highest BCUT2D eigenvalue weighted by atomic mass is 31.2. The number of rotatable bonds is 68. The number of phosphoric ester groups is 1. The lowest BCUT2D eigenvalue weighted by Crippen LogP contribution is -2.47. The Morgan fingerprint density at radius 2 is 0.726 bits per heavy atom. The van der Waals surface area contributed by atoms with E-state index in [-0.39, 0.29) is 31.5 Å². The molecule has 3 unspecified atom stereocenters. The molecule has 84 heavy (non-hydrogen) atoms. The van der Waals surface area contributed by atoms with Crippen molar-refractivity contribution in [3.63, 3.8) is 0 Å². The van der Waals surface area contributed by atoms with Gasteiger partial charge in [-0.1, -0.05) is 334 Å². The SMILES string of the molecule is CCCCC/C=C\C/C=C\CCCCCCCCCCCCCC(=O)NC(COP(=O)([O-])OCC[N+](C)(C)C)C(/C=C/CCCCCCCCCCCC)OC(=O)CCCCCCCCCCCCCCCCCCCCCCCCCCC. The van der Waals surface area contributed by atoms with Crippen LogP contribution in [-0.2, 0) is 27.9 Å². The number of nitrogens with zero attached hydrogens (tertiary/aromatic N) is 1. The Hall–Kier alpha value is -1.77. The normalized spacial score (nSPS) is 13.7. The van der Waals surface area contributed by atoms with Gasteiger partial charge in [0.05, 0.1) is 33.8 Å². The predicted molar refractivity (Wildman–Crippen MR) is 363 cm³/mol. The first-order valence-corrected chi connectivity index (χ1v) is 38.3. The number of hydrogen-bond acceptors (Lipinski definition) is 7. The van der Waals surface area contributed by atoms with Crippen molar-refractivity contribution in [2.24, 2.45) is 0 Å². The highest BCUT2D eigenvalue weighted by molar-refractivity contribution is 7.45. The van der Waals surface area contributed by atoms with Gasteiger partial charge in [-0.3, -0.25) is 14.2 Å². The molecule has 0 saturated carbocycles. The molecule has 0 aromatic heterocycles. The van der Waals surface area contributed by atoms with E-state index < -0.39 is 20.0 Å². The van der Waals surface area contributed by atoms with Crippen molar-refractivity contribution in [3.8, 4) is 0 Å². The maximum atomic E-state index is 13.6. The summed E-state index contributed by atoms with van der Waals surface area (Å²) in [6.45, 7) is 6.88. The summed E-state index contributed by atoms with van der Waals surface area (Å²) in [6.07, 6.45) is 79.9. The maximum absolute atomic E-state index is 13.6. The monoisotopic (exact) mass is 1200 g/mol. The zero-order chi connectivity index (χ0) is 61.4. The average molecular weight is 1200 g/mol. The number of carbonyl (C=O) groups excluding carboxylic acids is 2. The molecule has 0 aromatic rings. The minimum atomic E-state index is -4.70. The van der Waals surface area contributed by atoms with Crippen LogP contribution in [-0.4, -0.2) is 69.4 Å². The van der Waals surface area contributed by atoms with Crippen LogP contribution >= 0.6 is 7.82 Å². The molecular formula is C74H143N2O7P. The molecule has 0 saturated heterocycles. The lowest BCUT2D eigenvalue weighted by Gasteiger charge is -2.30. The van der Waals surface area contributed by atoms with E-state index in [0.29, 0.717) is 17.4 Å². The molecule has 0 heterocycles. The van der Waals surface area contributed by atoms with Crippen LogP contribution in [0.25, 0.3) is 0 Å². The molecule has 3 atom stereocenters. The van der Waals surface area contributed by atoms with Gasteiger partial charge in [0.2, 0.25) is 5.91 Å². The predicted octanol–water partition coefficient (Wildman–Crippen LogP) is 22.8. The third-order valence-corrected chi connectivity index (χ3v) is 17.8. The second kappa shape index (κ2) is 64.2. The highest BCUT2D eigenvalue weighted by Crippen LogP contribution is 2.38. The number of likely N-dealkylation sites (N-methyl/N-ethyl adjacent to an activating group) is 1. The molecule has 0 aliphatic rings. The number of quaternary nitrogens is 1. The number of hydrogen-bond donors (Lipinski definition) is 1. The van der Waals surface area contributed by atoms with E-state index in [1.807, 2.05) is 33.3 Å². The zero-order valence-electron chi connectivity index (χ0n) is 56.9. The van der Waals surface area contributed by atoms with E-state index in [2.05, 4.69) is 50.4 Å². The number of ether oxygens (including phenoxy) is 1. The Kier molecular flexibility index (Phi) is 62.9. The number of carbonyl (C=O) groups is 2. The fourth-order valence-electron chi connectivity index (χ4n) is 11.1. The average Bonchev–Trinajstić information content (AvgIpc) is 3.64. The fourth-order valence-corrected chi connectivity index (χ4v) is 11.9. The van der Waals surface area contributed by atoms with E-state index in [1.54, 1.807) is 0 Å². The van der Waals surface area contributed by atoms with Crippen LogP contribution in [0.15, 0.2) is 36.5 Å². The molecular weight excluding hydrogens is 1060 g/mol. The Balaban J connectivity index is 4.99. The number of phosphoric acid groups is 1. The maximum Gasteiger partial charge on any atom is 0.306 e. The summed E-state index contributed by atoms with van der Waals surface area (Å²) < 4.78 is 30.5. The zero-order valence-corrected chi connectivity index (χ0v) is 57.8. The van der Waals surface area contributed by atoms with Crippen molar-refractivity contribution in [1.29, 1.82) is 0 Å². The second-order valence-electron chi connectivity index (χ2n) is 26.5. The minimum absolute atomic E-state index is 0.0198. The van der Waals surface area contributed by atoms with Gasteiger partial charge in [0, 0.05) is 12.8 Å². The lowest BCUT2D eigenvalue weighted by atomic mass is 10.0. The first-order chi connectivity index (χ1) is 40.9. The molecule has 10 heteroatoms. The van der Waals surface area contributed by atoms with Crippen LogP contribution < -0.4 is 10.2 Å². The van der Waals surface area contributed by atoms with Crippen molar-refractivity contribution >= 4 is 19.7 Å². The van der Waals surface area contributed by atoms with Crippen molar-refractivity contribution in [2.45, 2.75) is 386 Å². The van der Waals surface area contributed by atoms with Crippen LogP contribution in [0.5, 0.6) is 0 Å². The number of allylic oxidation sites excluding steroid dienone is 5. The number of amides is 1. The number of esters is 1. The van der Waals surface area contributed by atoms with Gasteiger partial charge in [-0.05, 0) is 63.9 Å². The molecule has 0 bridgehead atoms. The van der Waals surface area contributed by atoms with Gasteiger partial charge in [-0.15, -0.1) is 0 Å². The summed E-state index contributed by atoms with van der Waals surface area (Å²) in [7, 11) is 1.20. The molecule has 0 aliphatic heterocycles. The second-order valence-corrected chi connectivity index (χ2v) is 27.9. The van der Waals surface area contributed by atoms with Crippen molar-refractivity contribution < 1.29 is 37.3 Å². The smallest absolute Gasteiger partial charge is 0.306 e. The first-order valence-electron chi connectivity index (χ1n) is 36.8. The summed E-state index contributed by atoms with van der Waals surface area (Å²) in [4.78, 5) is 40.2. The Labute approximate surface area is 523 Å². The largest absolute Gasteiger partial charge is 0.756 e. The Morgan fingerprint density at radius 1 is 0.417 bits per heavy atom. The molecule has 1 amide bonds. The van der Waals surface area contributed by atoms with Gasteiger partial charge in [0.1, 0.15) is 19.3 Å². The molecule has 9 nitrogen and oxygen atoms in total. The molecule has 0 fully saturated rings. The van der Waals surface area contributed by atoms with Gasteiger partial charge in [0.25, 0.3) is 7.82 Å².